The second-order valence-corrected chi connectivity index (χ2v) is 7.48. The third-order valence-electron chi connectivity index (χ3n) is 3.12. The van der Waals surface area contributed by atoms with Crippen LogP contribution < -0.4 is 5.32 Å². The molecule has 0 fully saturated rings. The molecule has 2 aromatic heterocycles. The molecule has 1 aromatic carbocycles. The van der Waals surface area contributed by atoms with E-state index in [1.807, 2.05) is 25.1 Å². The molecule has 0 aliphatic heterocycles. The first kappa shape index (κ1) is 14.2. The Bertz CT molecular complexity index is 778. The van der Waals surface area contributed by atoms with Gasteiger partial charge in [0.15, 0.2) is 4.96 Å². The largest absolute Gasteiger partial charge is 0.378 e. The lowest BCUT2D eigenvalue weighted by atomic mass is 10.3. The first-order valence-electron chi connectivity index (χ1n) is 6.17. The Morgan fingerprint density at radius 3 is 2.95 bits per heavy atom. The van der Waals surface area contributed by atoms with Gasteiger partial charge in [-0.1, -0.05) is 11.6 Å². The van der Waals surface area contributed by atoms with Gasteiger partial charge in [0.1, 0.15) is 0 Å². The Labute approximate surface area is 140 Å². The average molecular weight is 418 g/mol. The molecular formula is C14H13ClIN3S. The highest BCUT2D eigenvalue weighted by Gasteiger charge is 2.11. The van der Waals surface area contributed by atoms with Crippen molar-refractivity contribution in [2.45, 2.75) is 20.4 Å². The molecule has 3 aromatic rings. The second kappa shape index (κ2) is 5.54. The third-order valence-corrected chi connectivity index (χ3v) is 5.00. The summed E-state index contributed by atoms with van der Waals surface area (Å²) < 4.78 is 3.29. The predicted octanol–water partition coefficient (Wildman–Crippen LogP) is 4.88. The van der Waals surface area contributed by atoms with Crippen LogP contribution in [0.1, 0.15) is 16.3 Å². The maximum atomic E-state index is 6.24. The molecule has 0 saturated carbocycles. The average Bonchev–Trinajstić information content (AvgIpc) is 2.84. The van der Waals surface area contributed by atoms with Crippen LogP contribution in [0.3, 0.4) is 0 Å². The topological polar surface area (TPSA) is 29.3 Å². The highest BCUT2D eigenvalue weighted by Crippen LogP contribution is 2.26. The summed E-state index contributed by atoms with van der Waals surface area (Å²) in [4.78, 5) is 6.90. The Morgan fingerprint density at radius 1 is 1.40 bits per heavy atom. The zero-order valence-electron chi connectivity index (χ0n) is 11.1. The molecule has 3 rings (SSSR count). The molecular weight excluding hydrogens is 405 g/mol. The molecule has 0 aliphatic carbocycles. The number of hydrogen-bond donors (Lipinski definition) is 1. The van der Waals surface area contributed by atoms with Crippen LogP contribution in [0.15, 0.2) is 24.4 Å². The number of imidazole rings is 1. The van der Waals surface area contributed by atoms with Gasteiger partial charge < -0.3 is 5.32 Å². The van der Waals surface area contributed by atoms with Gasteiger partial charge in [0.25, 0.3) is 0 Å². The molecule has 0 atom stereocenters. The van der Waals surface area contributed by atoms with Crippen molar-refractivity contribution in [2.75, 3.05) is 5.32 Å². The zero-order chi connectivity index (χ0) is 14.3. The number of hydrogen-bond acceptors (Lipinski definition) is 3. The molecule has 0 unspecified atom stereocenters. The van der Waals surface area contributed by atoms with E-state index in [2.05, 4.69) is 50.4 Å². The zero-order valence-corrected chi connectivity index (χ0v) is 14.8. The van der Waals surface area contributed by atoms with E-state index < -0.39 is 0 Å². The number of anilines is 1. The van der Waals surface area contributed by atoms with Crippen LogP contribution in [-0.4, -0.2) is 9.38 Å². The van der Waals surface area contributed by atoms with Gasteiger partial charge in [0.2, 0.25) is 0 Å². The van der Waals surface area contributed by atoms with E-state index in [-0.39, 0.29) is 0 Å². The predicted molar refractivity (Wildman–Crippen MR) is 94.0 cm³/mol. The molecule has 2 heterocycles. The number of aryl methyl sites for hydroxylation is 2. The summed E-state index contributed by atoms with van der Waals surface area (Å²) in [7, 11) is 0. The van der Waals surface area contributed by atoms with Gasteiger partial charge in [0.05, 0.1) is 28.6 Å². The molecule has 104 valence electrons. The molecule has 1 N–H and O–H groups in total. The van der Waals surface area contributed by atoms with Gasteiger partial charge >= 0.3 is 0 Å². The van der Waals surface area contributed by atoms with Crippen molar-refractivity contribution < 1.29 is 0 Å². The summed E-state index contributed by atoms with van der Waals surface area (Å²) >= 11 is 10.2. The Hall–Kier alpha value is -0.790. The summed E-state index contributed by atoms with van der Waals surface area (Å²) in [5.41, 5.74) is 3.19. The lowest BCUT2D eigenvalue weighted by Gasteiger charge is -2.09. The Morgan fingerprint density at radius 2 is 2.20 bits per heavy atom. The van der Waals surface area contributed by atoms with Gasteiger partial charge in [-0.25, -0.2) is 4.98 Å². The summed E-state index contributed by atoms with van der Waals surface area (Å²) in [5, 5.41) is 4.14. The van der Waals surface area contributed by atoms with E-state index in [0.717, 1.165) is 24.9 Å². The van der Waals surface area contributed by atoms with Crippen molar-refractivity contribution in [1.82, 2.24) is 9.38 Å². The minimum absolute atomic E-state index is 0.712. The Balaban J connectivity index is 1.87. The Kier molecular flexibility index (Phi) is 3.92. The first-order chi connectivity index (χ1) is 9.54. The number of halogens is 2. The molecule has 0 amide bonds. The number of nitrogens with zero attached hydrogens (tertiary/aromatic N) is 2. The van der Waals surface area contributed by atoms with E-state index in [1.165, 1.54) is 10.6 Å². The van der Waals surface area contributed by atoms with Crippen LogP contribution in [-0.2, 0) is 6.54 Å². The van der Waals surface area contributed by atoms with Crippen LogP contribution >= 0.6 is 45.5 Å². The van der Waals surface area contributed by atoms with Gasteiger partial charge in [-0.15, -0.1) is 11.3 Å². The second-order valence-electron chi connectivity index (χ2n) is 4.62. The van der Waals surface area contributed by atoms with Gasteiger partial charge in [0, 0.05) is 14.6 Å². The van der Waals surface area contributed by atoms with Crippen LogP contribution in [0.2, 0.25) is 5.02 Å². The number of nitrogens with one attached hydrogen (secondary N) is 1. The smallest absolute Gasteiger partial charge is 0.194 e. The summed E-state index contributed by atoms with van der Waals surface area (Å²) in [6.07, 6.45) is 2.13. The standard InChI is InChI=1S/C14H13ClIN3S/c1-8-7-19-13(9(2)18-14(19)20-8)6-17-12-4-3-10(16)5-11(12)15/h3-5,7,17H,6H2,1-2H3. The maximum absolute atomic E-state index is 6.24. The van der Waals surface area contributed by atoms with Crippen molar-refractivity contribution in [1.29, 1.82) is 0 Å². The lowest BCUT2D eigenvalue weighted by molar-refractivity contribution is 0.991. The SMILES string of the molecule is Cc1cn2c(CNc3ccc(I)cc3Cl)c(C)nc2s1. The fourth-order valence-corrected chi connectivity index (χ4v) is 3.95. The number of rotatable bonds is 3. The van der Waals surface area contributed by atoms with Crippen molar-refractivity contribution in [3.8, 4) is 0 Å². The van der Waals surface area contributed by atoms with Crippen LogP contribution in [0.4, 0.5) is 5.69 Å². The molecule has 6 heteroatoms. The van der Waals surface area contributed by atoms with E-state index in [1.54, 1.807) is 11.3 Å². The third kappa shape index (κ3) is 2.66. The van der Waals surface area contributed by atoms with Crippen LogP contribution in [0.25, 0.3) is 4.96 Å². The summed E-state index contributed by atoms with van der Waals surface area (Å²) in [6.45, 7) is 4.85. The normalized spacial score (nSPS) is 11.2. The number of thiazole rings is 1. The van der Waals surface area contributed by atoms with Crippen molar-refractivity contribution >= 4 is 56.2 Å². The van der Waals surface area contributed by atoms with Gasteiger partial charge in [-0.3, -0.25) is 4.40 Å². The molecule has 0 bridgehead atoms. The molecule has 0 radical (unpaired) electrons. The highest BCUT2D eigenvalue weighted by molar-refractivity contribution is 14.1. The summed E-state index contributed by atoms with van der Waals surface area (Å²) in [5.74, 6) is 0. The number of benzene rings is 1. The monoisotopic (exact) mass is 417 g/mol. The van der Waals surface area contributed by atoms with Gasteiger partial charge in [-0.05, 0) is 54.6 Å². The van der Waals surface area contributed by atoms with E-state index in [4.69, 9.17) is 11.6 Å². The van der Waals surface area contributed by atoms with E-state index >= 15 is 0 Å². The minimum atomic E-state index is 0.712. The molecule has 3 nitrogen and oxygen atoms in total. The first-order valence-corrected chi connectivity index (χ1v) is 8.45. The minimum Gasteiger partial charge on any atom is -0.378 e. The van der Waals surface area contributed by atoms with Crippen molar-refractivity contribution in [3.05, 3.63) is 49.3 Å². The fourth-order valence-electron chi connectivity index (χ4n) is 2.13. The lowest BCUT2D eigenvalue weighted by Crippen LogP contribution is -2.04. The molecule has 0 spiro atoms. The number of aromatic nitrogens is 2. The van der Waals surface area contributed by atoms with Crippen molar-refractivity contribution in [2.24, 2.45) is 0 Å². The van der Waals surface area contributed by atoms with Crippen LogP contribution in [0.5, 0.6) is 0 Å². The van der Waals surface area contributed by atoms with Gasteiger partial charge in [-0.2, -0.15) is 0 Å². The highest BCUT2D eigenvalue weighted by atomic mass is 127. The van der Waals surface area contributed by atoms with E-state index in [9.17, 15) is 0 Å². The fraction of sp³-hybridized carbons (Fsp3) is 0.214. The van der Waals surface area contributed by atoms with Crippen molar-refractivity contribution in [3.63, 3.8) is 0 Å². The molecule has 20 heavy (non-hydrogen) atoms. The quantitative estimate of drug-likeness (QED) is 0.615. The van der Waals surface area contributed by atoms with Crippen LogP contribution in [0, 0.1) is 17.4 Å². The van der Waals surface area contributed by atoms with E-state index in [0.29, 0.717) is 6.54 Å². The maximum Gasteiger partial charge on any atom is 0.194 e. The molecule has 0 saturated heterocycles. The molecule has 0 aliphatic rings. The number of fused-ring (bicyclic) bond motifs is 1. The summed E-state index contributed by atoms with van der Waals surface area (Å²) in [6, 6.07) is 6.01.